The standard InChI is InChI=1S/C50H34N2/c1-3-19-37(20-4-1)51(49-27-13-17-35-15-7-9-23-41(35)49)39-29-31-45-46-32-30-40(34-48(46)44-26-12-11-25-43(44)47(45)33-39)52(38-21-5-2-6-22-38)50-28-14-18-36-16-8-10-24-42(36)50/h1-34H. The van der Waals surface area contributed by atoms with Crippen LogP contribution < -0.4 is 9.80 Å². The van der Waals surface area contributed by atoms with Gasteiger partial charge in [0, 0.05) is 33.5 Å². The fraction of sp³-hybridized carbons (Fsp3) is 0. The van der Waals surface area contributed by atoms with Gasteiger partial charge in [-0.15, -0.1) is 0 Å². The summed E-state index contributed by atoms with van der Waals surface area (Å²) in [5.41, 5.74) is 6.83. The van der Waals surface area contributed by atoms with Crippen LogP contribution in [0, 0.1) is 0 Å². The van der Waals surface area contributed by atoms with Crippen LogP contribution in [0.15, 0.2) is 206 Å². The minimum atomic E-state index is 1.13. The Kier molecular flexibility index (Phi) is 7.18. The van der Waals surface area contributed by atoms with Crippen molar-refractivity contribution in [3.05, 3.63) is 206 Å². The molecule has 10 aromatic rings. The van der Waals surface area contributed by atoms with E-state index in [1.165, 1.54) is 53.9 Å². The number of fused-ring (bicyclic) bond motifs is 8. The lowest BCUT2D eigenvalue weighted by Crippen LogP contribution is -2.10. The molecule has 2 nitrogen and oxygen atoms in total. The lowest BCUT2D eigenvalue weighted by molar-refractivity contribution is 1.30. The van der Waals surface area contributed by atoms with Crippen LogP contribution in [0.3, 0.4) is 0 Å². The maximum absolute atomic E-state index is 2.39. The van der Waals surface area contributed by atoms with Crippen LogP contribution in [-0.4, -0.2) is 0 Å². The molecule has 0 aromatic heterocycles. The quantitative estimate of drug-likeness (QED) is 0.164. The fourth-order valence-corrected chi connectivity index (χ4v) is 8.03. The molecule has 0 aliphatic carbocycles. The van der Waals surface area contributed by atoms with Gasteiger partial charge in [-0.1, -0.05) is 146 Å². The van der Waals surface area contributed by atoms with Crippen LogP contribution >= 0.6 is 0 Å². The molecule has 0 unspecified atom stereocenters. The summed E-state index contributed by atoms with van der Waals surface area (Å²) in [4.78, 5) is 4.79. The van der Waals surface area contributed by atoms with Crippen molar-refractivity contribution < 1.29 is 0 Å². The van der Waals surface area contributed by atoms with Gasteiger partial charge in [0.1, 0.15) is 0 Å². The molecule has 10 rings (SSSR count). The summed E-state index contributed by atoms with van der Waals surface area (Å²) in [7, 11) is 0. The topological polar surface area (TPSA) is 6.48 Å². The second kappa shape index (κ2) is 12.5. The molecular formula is C50H34N2. The minimum absolute atomic E-state index is 1.13. The SMILES string of the molecule is c1ccc(N(c2ccc3c4ccc(N(c5ccccc5)c5cccc6ccccc56)cc4c4ccccc4c3c2)c2cccc3ccccc23)cc1. The number of hydrogen-bond donors (Lipinski definition) is 0. The van der Waals surface area contributed by atoms with E-state index in [4.69, 9.17) is 0 Å². The van der Waals surface area contributed by atoms with Crippen LogP contribution in [-0.2, 0) is 0 Å². The summed E-state index contributed by atoms with van der Waals surface area (Å²) < 4.78 is 0. The van der Waals surface area contributed by atoms with E-state index in [1.807, 2.05) is 0 Å². The Balaban J connectivity index is 1.20. The van der Waals surface area contributed by atoms with Crippen molar-refractivity contribution in [3.8, 4) is 0 Å². The highest BCUT2D eigenvalue weighted by molar-refractivity contribution is 6.26. The summed E-state index contributed by atoms with van der Waals surface area (Å²) in [5.74, 6) is 0. The van der Waals surface area contributed by atoms with Crippen molar-refractivity contribution in [2.75, 3.05) is 9.80 Å². The molecule has 0 radical (unpaired) electrons. The average molecular weight is 663 g/mol. The number of benzene rings is 10. The Labute approximate surface area is 303 Å². The van der Waals surface area contributed by atoms with Crippen LogP contribution in [0.25, 0.3) is 53.9 Å². The monoisotopic (exact) mass is 662 g/mol. The molecule has 0 heterocycles. The average Bonchev–Trinajstić information content (AvgIpc) is 3.22. The summed E-state index contributed by atoms with van der Waals surface area (Å²) in [6, 6.07) is 74.7. The zero-order chi connectivity index (χ0) is 34.4. The third-order valence-electron chi connectivity index (χ3n) is 10.4. The zero-order valence-corrected chi connectivity index (χ0v) is 28.5. The lowest BCUT2D eigenvalue weighted by Gasteiger charge is -2.28. The van der Waals surface area contributed by atoms with Gasteiger partial charge in [0.2, 0.25) is 0 Å². The van der Waals surface area contributed by atoms with E-state index in [9.17, 15) is 0 Å². The van der Waals surface area contributed by atoms with Crippen molar-refractivity contribution in [1.29, 1.82) is 0 Å². The highest BCUT2D eigenvalue weighted by Crippen LogP contribution is 2.45. The molecule has 0 bridgehead atoms. The lowest BCUT2D eigenvalue weighted by atomic mass is 9.93. The highest BCUT2D eigenvalue weighted by Gasteiger charge is 2.19. The van der Waals surface area contributed by atoms with Crippen molar-refractivity contribution in [2.24, 2.45) is 0 Å². The Morgan fingerprint density at radius 3 is 1.00 bits per heavy atom. The van der Waals surface area contributed by atoms with Gasteiger partial charge in [-0.25, -0.2) is 0 Å². The smallest absolute Gasteiger partial charge is 0.0540 e. The molecular weight excluding hydrogens is 629 g/mol. The van der Waals surface area contributed by atoms with E-state index in [0.717, 1.165) is 34.1 Å². The van der Waals surface area contributed by atoms with Crippen molar-refractivity contribution in [3.63, 3.8) is 0 Å². The largest absolute Gasteiger partial charge is 0.310 e. The first-order chi connectivity index (χ1) is 25.8. The molecule has 0 spiro atoms. The van der Waals surface area contributed by atoms with Gasteiger partial charge in [-0.2, -0.15) is 0 Å². The number of anilines is 6. The number of rotatable bonds is 6. The first-order valence-corrected chi connectivity index (χ1v) is 17.9. The highest BCUT2D eigenvalue weighted by atomic mass is 15.1. The molecule has 0 saturated heterocycles. The first-order valence-electron chi connectivity index (χ1n) is 17.9. The van der Waals surface area contributed by atoms with E-state index < -0.39 is 0 Å². The van der Waals surface area contributed by atoms with Crippen LogP contribution in [0.2, 0.25) is 0 Å². The van der Waals surface area contributed by atoms with E-state index in [-0.39, 0.29) is 0 Å². The Hall–Kier alpha value is -6.90. The molecule has 0 amide bonds. The van der Waals surface area contributed by atoms with Crippen molar-refractivity contribution in [1.82, 2.24) is 0 Å². The predicted molar refractivity (Wildman–Crippen MR) is 223 cm³/mol. The molecule has 244 valence electrons. The van der Waals surface area contributed by atoms with Gasteiger partial charge in [0.15, 0.2) is 0 Å². The summed E-state index contributed by atoms with van der Waals surface area (Å²) >= 11 is 0. The third kappa shape index (κ3) is 4.96. The maximum atomic E-state index is 2.39. The van der Waals surface area contributed by atoms with Gasteiger partial charge in [-0.05, 0) is 104 Å². The second-order valence-corrected chi connectivity index (χ2v) is 13.3. The van der Waals surface area contributed by atoms with E-state index >= 15 is 0 Å². The minimum Gasteiger partial charge on any atom is -0.310 e. The molecule has 0 fully saturated rings. The van der Waals surface area contributed by atoms with Gasteiger partial charge in [0.05, 0.1) is 11.4 Å². The van der Waals surface area contributed by atoms with Crippen molar-refractivity contribution >= 4 is 88.0 Å². The molecule has 2 heteroatoms. The second-order valence-electron chi connectivity index (χ2n) is 13.3. The normalized spacial score (nSPS) is 11.5. The molecule has 0 atom stereocenters. The van der Waals surface area contributed by atoms with E-state index in [0.29, 0.717) is 0 Å². The molecule has 10 aromatic carbocycles. The zero-order valence-electron chi connectivity index (χ0n) is 28.5. The maximum Gasteiger partial charge on any atom is 0.0540 e. The summed E-state index contributed by atoms with van der Waals surface area (Å²) in [5, 5.41) is 12.3. The molecule has 52 heavy (non-hydrogen) atoms. The van der Waals surface area contributed by atoms with E-state index in [1.54, 1.807) is 0 Å². The van der Waals surface area contributed by atoms with E-state index in [2.05, 4.69) is 216 Å². The van der Waals surface area contributed by atoms with Crippen molar-refractivity contribution in [2.45, 2.75) is 0 Å². The molecule has 0 aliphatic rings. The van der Waals surface area contributed by atoms with Gasteiger partial charge < -0.3 is 9.80 Å². The van der Waals surface area contributed by atoms with Crippen LogP contribution in [0.5, 0.6) is 0 Å². The number of para-hydroxylation sites is 2. The number of hydrogen-bond acceptors (Lipinski definition) is 2. The molecule has 0 saturated carbocycles. The van der Waals surface area contributed by atoms with Gasteiger partial charge in [-0.3, -0.25) is 0 Å². The predicted octanol–water partition coefficient (Wildman–Crippen LogP) is 14.4. The van der Waals surface area contributed by atoms with Gasteiger partial charge >= 0.3 is 0 Å². The number of nitrogens with zero attached hydrogens (tertiary/aromatic N) is 2. The molecule has 0 aliphatic heterocycles. The Bertz CT molecular complexity index is 2680. The van der Waals surface area contributed by atoms with Crippen LogP contribution in [0.1, 0.15) is 0 Å². The summed E-state index contributed by atoms with van der Waals surface area (Å²) in [6.07, 6.45) is 0. The first kappa shape index (κ1) is 30.0. The molecule has 0 N–H and O–H groups in total. The Morgan fingerprint density at radius 1 is 0.212 bits per heavy atom. The fourth-order valence-electron chi connectivity index (χ4n) is 8.03. The van der Waals surface area contributed by atoms with Gasteiger partial charge in [0.25, 0.3) is 0 Å². The third-order valence-corrected chi connectivity index (χ3v) is 10.4. The Morgan fingerprint density at radius 2 is 0.558 bits per heavy atom. The summed E-state index contributed by atoms with van der Waals surface area (Å²) in [6.45, 7) is 0. The van der Waals surface area contributed by atoms with Crippen LogP contribution in [0.4, 0.5) is 34.1 Å².